The summed E-state index contributed by atoms with van der Waals surface area (Å²) in [5.74, 6) is 6.31. The second-order valence-corrected chi connectivity index (χ2v) is 5.21. The normalized spacial score (nSPS) is 9.50. The highest BCUT2D eigenvalue weighted by molar-refractivity contribution is 5.96. The van der Waals surface area contributed by atoms with Gasteiger partial charge in [-0.15, -0.1) is 0 Å². The van der Waals surface area contributed by atoms with E-state index in [0.29, 0.717) is 28.2 Å². The van der Waals surface area contributed by atoms with Gasteiger partial charge in [0.25, 0.3) is 11.8 Å². The Labute approximate surface area is 152 Å². The van der Waals surface area contributed by atoms with Crippen molar-refractivity contribution in [2.24, 2.45) is 0 Å². The molecule has 6 nitrogen and oxygen atoms in total. The molecule has 2 N–H and O–H groups in total. The zero-order valence-corrected chi connectivity index (χ0v) is 14.9. The van der Waals surface area contributed by atoms with E-state index in [1.54, 1.807) is 49.5 Å². The molecule has 0 bridgehead atoms. The van der Waals surface area contributed by atoms with Crippen molar-refractivity contribution in [2.45, 2.75) is 0 Å². The Morgan fingerprint density at radius 2 is 1.65 bits per heavy atom. The molecule has 0 aromatic heterocycles. The average molecular weight is 352 g/mol. The fraction of sp³-hybridized carbons (Fsp3) is 0.200. The number of carbonyl (C=O) groups excluding carboxylic acids is 2. The molecule has 2 aromatic rings. The third-order valence-electron chi connectivity index (χ3n) is 3.57. The van der Waals surface area contributed by atoms with E-state index >= 15 is 0 Å². The maximum Gasteiger partial charge on any atom is 0.252 e. The van der Waals surface area contributed by atoms with Crippen LogP contribution in [0.25, 0.3) is 0 Å². The molecule has 0 atom stereocenters. The third kappa shape index (κ3) is 4.77. The maximum atomic E-state index is 12.3. The lowest BCUT2D eigenvalue weighted by molar-refractivity contribution is 0.0951. The van der Waals surface area contributed by atoms with Gasteiger partial charge in [-0.1, -0.05) is 24.0 Å². The Morgan fingerprint density at radius 1 is 1.00 bits per heavy atom. The molecule has 0 spiro atoms. The predicted molar refractivity (Wildman–Crippen MR) is 98.6 cm³/mol. The number of hydrogen-bond acceptors (Lipinski definition) is 4. The molecule has 0 radical (unpaired) electrons. The predicted octanol–water partition coefficient (Wildman–Crippen LogP) is 1.84. The zero-order chi connectivity index (χ0) is 18.9. The highest BCUT2D eigenvalue weighted by Gasteiger charge is 2.09. The molecule has 0 saturated carbocycles. The van der Waals surface area contributed by atoms with E-state index in [2.05, 4.69) is 22.5 Å². The van der Waals surface area contributed by atoms with E-state index in [1.165, 1.54) is 14.2 Å². The summed E-state index contributed by atoms with van der Waals surface area (Å²) in [6, 6.07) is 12.0. The van der Waals surface area contributed by atoms with Gasteiger partial charge in [-0.3, -0.25) is 9.59 Å². The van der Waals surface area contributed by atoms with Gasteiger partial charge in [0.05, 0.1) is 26.3 Å². The first kappa shape index (κ1) is 18.9. The molecule has 0 unspecified atom stereocenters. The molecular weight excluding hydrogens is 332 g/mol. The van der Waals surface area contributed by atoms with Crippen LogP contribution in [0.2, 0.25) is 0 Å². The van der Waals surface area contributed by atoms with Crippen molar-refractivity contribution in [2.75, 3.05) is 27.8 Å². The van der Waals surface area contributed by atoms with Crippen LogP contribution in [0.3, 0.4) is 0 Å². The SMILES string of the molecule is CNC(=O)c1ccccc1C#CCNC(=O)c1cc(OC)cc(OC)c1. The van der Waals surface area contributed by atoms with E-state index in [9.17, 15) is 9.59 Å². The highest BCUT2D eigenvalue weighted by atomic mass is 16.5. The summed E-state index contributed by atoms with van der Waals surface area (Å²) in [6.45, 7) is 0.139. The van der Waals surface area contributed by atoms with Gasteiger partial charge in [0.1, 0.15) is 11.5 Å². The van der Waals surface area contributed by atoms with Crippen LogP contribution < -0.4 is 20.1 Å². The molecule has 2 rings (SSSR count). The number of amides is 2. The summed E-state index contributed by atoms with van der Waals surface area (Å²) in [5.41, 5.74) is 1.50. The molecule has 0 aliphatic rings. The minimum atomic E-state index is -0.295. The minimum Gasteiger partial charge on any atom is -0.497 e. The summed E-state index contributed by atoms with van der Waals surface area (Å²) in [5, 5.41) is 5.28. The van der Waals surface area contributed by atoms with E-state index in [1.807, 2.05) is 0 Å². The third-order valence-corrected chi connectivity index (χ3v) is 3.57. The molecule has 26 heavy (non-hydrogen) atoms. The number of benzene rings is 2. The Morgan fingerprint density at radius 3 is 2.27 bits per heavy atom. The topological polar surface area (TPSA) is 76.7 Å². The standard InChI is InChI=1S/C20H20N2O4/c1-21-20(24)18-9-5-4-7-14(18)8-6-10-22-19(23)15-11-16(25-2)13-17(12-15)26-3/h4-5,7,9,11-13H,10H2,1-3H3,(H,21,24)(H,22,23). The second-order valence-electron chi connectivity index (χ2n) is 5.21. The zero-order valence-electron chi connectivity index (χ0n) is 14.9. The Balaban J connectivity index is 2.07. The summed E-state index contributed by atoms with van der Waals surface area (Å²) < 4.78 is 10.3. The second kappa shape index (κ2) is 9.14. The molecule has 2 amide bonds. The van der Waals surface area contributed by atoms with Crippen LogP contribution in [-0.2, 0) is 0 Å². The van der Waals surface area contributed by atoms with E-state index in [4.69, 9.17) is 9.47 Å². The number of rotatable bonds is 5. The largest absolute Gasteiger partial charge is 0.497 e. The molecule has 134 valence electrons. The van der Waals surface area contributed by atoms with Crippen molar-refractivity contribution in [3.05, 3.63) is 59.2 Å². The van der Waals surface area contributed by atoms with Crippen LogP contribution in [0.1, 0.15) is 26.3 Å². The van der Waals surface area contributed by atoms with Crippen LogP contribution in [-0.4, -0.2) is 39.6 Å². The van der Waals surface area contributed by atoms with Gasteiger partial charge in [0.2, 0.25) is 0 Å². The smallest absolute Gasteiger partial charge is 0.252 e. The molecular formula is C20H20N2O4. The van der Waals surface area contributed by atoms with Crippen LogP contribution >= 0.6 is 0 Å². The fourth-order valence-electron chi connectivity index (χ4n) is 2.23. The van der Waals surface area contributed by atoms with Crippen molar-refractivity contribution < 1.29 is 19.1 Å². The van der Waals surface area contributed by atoms with Crippen LogP contribution in [0.15, 0.2) is 42.5 Å². The monoisotopic (exact) mass is 352 g/mol. The van der Waals surface area contributed by atoms with Gasteiger partial charge < -0.3 is 20.1 Å². The van der Waals surface area contributed by atoms with Crippen molar-refractivity contribution in [1.82, 2.24) is 10.6 Å². The van der Waals surface area contributed by atoms with Crippen LogP contribution in [0, 0.1) is 11.8 Å². The molecule has 2 aromatic carbocycles. The molecule has 0 aliphatic heterocycles. The van der Waals surface area contributed by atoms with Gasteiger partial charge in [0, 0.05) is 24.2 Å². The van der Waals surface area contributed by atoms with Crippen molar-refractivity contribution in [3.8, 4) is 23.3 Å². The van der Waals surface area contributed by atoms with Gasteiger partial charge in [0.15, 0.2) is 0 Å². The van der Waals surface area contributed by atoms with Gasteiger partial charge in [-0.2, -0.15) is 0 Å². The number of carbonyl (C=O) groups is 2. The lowest BCUT2D eigenvalue weighted by Crippen LogP contribution is -2.23. The molecule has 0 fully saturated rings. The minimum absolute atomic E-state index is 0.139. The number of methoxy groups -OCH3 is 2. The van der Waals surface area contributed by atoms with E-state index in [-0.39, 0.29) is 18.4 Å². The Kier molecular flexibility index (Phi) is 6.63. The van der Waals surface area contributed by atoms with E-state index in [0.717, 1.165) is 0 Å². The highest BCUT2D eigenvalue weighted by Crippen LogP contribution is 2.22. The van der Waals surface area contributed by atoms with Crippen molar-refractivity contribution in [1.29, 1.82) is 0 Å². The van der Waals surface area contributed by atoms with Gasteiger partial charge >= 0.3 is 0 Å². The average Bonchev–Trinajstić information content (AvgIpc) is 2.70. The van der Waals surface area contributed by atoms with Gasteiger partial charge in [-0.05, 0) is 24.3 Å². The lowest BCUT2D eigenvalue weighted by atomic mass is 10.1. The lowest BCUT2D eigenvalue weighted by Gasteiger charge is -2.08. The fourth-order valence-corrected chi connectivity index (χ4v) is 2.23. The van der Waals surface area contributed by atoms with E-state index < -0.39 is 0 Å². The first-order chi connectivity index (χ1) is 12.6. The number of hydrogen-bond donors (Lipinski definition) is 2. The van der Waals surface area contributed by atoms with Crippen molar-refractivity contribution in [3.63, 3.8) is 0 Å². The van der Waals surface area contributed by atoms with Crippen molar-refractivity contribution >= 4 is 11.8 Å². The summed E-state index contributed by atoms with van der Waals surface area (Å²) in [4.78, 5) is 24.1. The summed E-state index contributed by atoms with van der Waals surface area (Å²) in [6.07, 6.45) is 0. The van der Waals surface area contributed by atoms with Crippen LogP contribution in [0.4, 0.5) is 0 Å². The Bertz CT molecular complexity index is 843. The first-order valence-corrected chi connectivity index (χ1v) is 7.90. The summed E-state index contributed by atoms with van der Waals surface area (Å²) in [7, 11) is 4.60. The first-order valence-electron chi connectivity index (χ1n) is 7.90. The molecule has 0 aliphatic carbocycles. The number of ether oxygens (including phenoxy) is 2. The van der Waals surface area contributed by atoms with Gasteiger partial charge in [-0.25, -0.2) is 0 Å². The molecule has 6 heteroatoms. The molecule has 0 heterocycles. The maximum absolute atomic E-state index is 12.3. The van der Waals surface area contributed by atoms with Crippen LogP contribution in [0.5, 0.6) is 11.5 Å². The quantitative estimate of drug-likeness (QED) is 0.805. The number of nitrogens with one attached hydrogen (secondary N) is 2. The Hall–Kier alpha value is -3.46. The summed E-state index contributed by atoms with van der Waals surface area (Å²) >= 11 is 0. The molecule has 0 saturated heterocycles.